The largest absolute Gasteiger partial charge is 1.00 e. The van der Waals surface area contributed by atoms with Crippen molar-refractivity contribution in [2.75, 3.05) is 46.4 Å². The van der Waals surface area contributed by atoms with E-state index in [1.54, 1.807) is 0 Å². The topological polar surface area (TPSA) is 35.9 Å². The molecule has 6 heteroatoms. The summed E-state index contributed by atoms with van der Waals surface area (Å²) in [5.41, 5.74) is 1.11. The summed E-state index contributed by atoms with van der Waals surface area (Å²) in [5.74, 6) is 0.842. The number of aliphatic hydroxyl groups excluding tert-OH is 1. The Balaban J connectivity index is 0.00000242. The van der Waals surface area contributed by atoms with Crippen molar-refractivity contribution >= 4 is 0 Å². The highest BCUT2D eigenvalue weighted by Crippen LogP contribution is 2.19. The molecule has 0 radical (unpaired) electrons. The van der Waals surface area contributed by atoms with E-state index in [4.69, 9.17) is 4.74 Å². The van der Waals surface area contributed by atoms with Crippen LogP contribution < -0.4 is 29.6 Å². The molecule has 0 amide bonds. The average Bonchev–Trinajstić information content (AvgIpc) is 2.49. The summed E-state index contributed by atoms with van der Waals surface area (Å²) >= 11 is 0. The maximum absolute atomic E-state index is 10.1. The Morgan fingerprint density at radius 1 is 1.22 bits per heavy atom. The van der Waals surface area contributed by atoms with E-state index in [2.05, 4.69) is 23.4 Å². The molecule has 0 aromatic heterocycles. The van der Waals surface area contributed by atoms with Crippen molar-refractivity contribution in [3.63, 3.8) is 0 Å². The van der Waals surface area contributed by atoms with Crippen LogP contribution in [0.3, 0.4) is 0 Å². The molecule has 1 aliphatic rings. The standard InChI is InChI=1S/C17H26N2O2.2ClH/c1-3-6-15-7-4-5-8-17(15)21-14-16(20)13-19-11-9-18(2)10-12-19;;/h3-5,7-8,16,20H,1,6,9-14H2,2H3;2*1H/p-2. The number of likely N-dealkylation sites (N-methyl/N-ethyl adjacent to an activating group) is 1. The molecular formula is C17H26Cl2N2O2-2. The predicted octanol–water partition coefficient (Wildman–Crippen LogP) is -4.59. The van der Waals surface area contributed by atoms with Crippen LogP contribution in [0.4, 0.5) is 0 Å². The molecular weight excluding hydrogens is 335 g/mol. The second-order valence-corrected chi connectivity index (χ2v) is 5.67. The Morgan fingerprint density at radius 3 is 2.52 bits per heavy atom. The maximum atomic E-state index is 10.1. The van der Waals surface area contributed by atoms with Gasteiger partial charge in [-0.05, 0) is 25.1 Å². The third-order valence-electron chi connectivity index (χ3n) is 3.83. The molecule has 0 spiro atoms. The van der Waals surface area contributed by atoms with Crippen LogP contribution in [0.15, 0.2) is 36.9 Å². The van der Waals surface area contributed by atoms with Crippen molar-refractivity contribution in [2.24, 2.45) is 0 Å². The number of aliphatic hydroxyl groups is 1. The fourth-order valence-electron chi connectivity index (χ4n) is 2.54. The molecule has 1 heterocycles. The molecule has 1 unspecified atom stereocenters. The summed E-state index contributed by atoms with van der Waals surface area (Å²) in [5, 5.41) is 10.1. The third-order valence-corrected chi connectivity index (χ3v) is 3.83. The molecule has 4 nitrogen and oxygen atoms in total. The van der Waals surface area contributed by atoms with E-state index < -0.39 is 6.10 Å². The van der Waals surface area contributed by atoms with Crippen LogP contribution in [0.2, 0.25) is 0 Å². The minimum atomic E-state index is -0.454. The number of hydrogen-bond acceptors (Lipinski definition) is 4. The first-order chi connectivity index (χ1) is 10.2. The number of rotatable bonds is 7. The minimum Gasteiger partial charge on any atom is -1.00 e. The molecule has 0 saturated carbocycles. The highest BCUT2D eigenvalue weighted by molar-refractivity contribution is 5.34. The second kappa shape index (κ2) is 11.7. The lowest BCUT2D eigenvalue weighted by molar-refractivity contribution is -0.00100. The molecule has 1 N–H and O–H groups in total. The average molecular weight is 361 g/mol. The molecule has 1 aromatic carbocycles. The van der Waals surface area contributed by atoms with Crippen LogP contribution in [0.1, 0.15) is 5.56 Å². The van der Waals surface area contributed by atoms with Gasteiger partial charge in [0.25, 0.3) is 0 Å². The van der Waals surface area contributed by atoms with Crippen molar-refractivity contribution in [3.8, 4) is 5.75 Å². The number of piperazine rings is 1. The lowest BCUT2D eigenvalue weighted by atomic mass is 10.1. The van der Waals surface area contributed by atoms with Gasteiger partial charge in [-0.25, -0.2) is 0 Å². The van der Waals surface area contributed by atoms with Crippen molar-refractivity contribution < 1.29 is 34.7 Å². The van der Waals surface area contributed by atoms with E-state index in [9.17, 15) is 5.11 Å². The molecule has 1 saturated heterocycles. The number of ether oxygens (including phenoxy) is 1. The normalized spacial score (nSPS) is 16.8. The molecule has 1 aromatic rings. The Hall–Kier alpha value is -0.780. The molecule has 23 heavy (non-hydrogen) atoms. The predicted molar refractivity (Wildman–Crippen MR) is 85.8 cm³/mol. The minimum absolute atomic E-state index is 0. The molecule has 132 valence electrons. The van der Waals surface area contributed by atoms with Crippen LogP contribution in [0.5, 0.6) is 5.75 Å². The third kappa shape index (κ3) is 7.55. The zero-order valence-electron chi connectivity index (χ0n) is 13.6. The highest BCUT2D eigenvalue weighted by Gasteiger charge is 2.17. The lowest BCUT2D eigenvalue weighted by Gasteiger charge is -2.33. The Morgan fingerprint density at radius 2 is 1.87 bits per heavy atom. The van der Waals surface area contributed by atoms with Gasteiger partial charge in [0.15, 0.2) is 0 Å². The van der Waals surface area contributed by atoms with Crippen LogP contribution in [0.25, 0.3) is 0 Å². The fraction of sp³-hybridized carbons (Fsp3) is 0.529. The number of halogens is 2. The van der Waals surface area contributed by atoms with E-state index in [0.717, 1.165) is 43.9 Å². The summed E-state index contributed by atoms with van der Waals surface area (Å²) in [4.78, 5) is 4.61. The van der Waals surface area contributed by atoms with Crippen LogP contribution in [0, 0.1) is 0 Å². The van der Waals surface area contributed by atoms with E-state index in [0.29, 0.717) is 13.2 Å². The van der Waals surface area contributed by atoms with Gasteiger partial charge >= 0.3 is 0 Å². The molecule has 1 aliphatic heterocycles. The molecule has 0 aliphatic carbocycles. The second-order valence-electron chi connectivity index (χ2n) is 5.67. The number of nitrogens with zero attached hydrogens (tertiary/aromatic N) is 2. The lowest BCUT2D eigenvalue weighted by Crippen LogP contribution is -3.00. The molecule has 2 rings (SSSR count). The van der Waals surface area contributed by atoms with E-state index in [1.165, 1.54) is 0 Å². The van der Waals surface area contributed by atoms with Gasteiger partial charge in [-0.1, -0.05) is 24.3 Å². The first kappa shape index (κ1) is 22.2. The van der Waals surface area contributed by atoms with Gasteiger partial charge in [0.2, 0.25) is 0 Å². The van der Waals surface area contributed by atoms with Gasteiger partial charge in [-0.15, -0.1) is 6.58 Å². The number of allylic oxidation sites excluding steroid dienone is 1. The van der Waals surface area contributed by atoms with Gasteiger partial charge in [-0.2, -0.15) is 0 Å². The summed E-state index contributed by atoms with van der Waals surface area (Å²) in [7, 11) is 2.13. The smallest absolute Gasteiger partial charge is 0.122 e. The molecule has 0 bridgehead atoms. The summed E-state index contributed by atoms with van der Waals surface area (Å²) in [6.07, 6.45) is 2.19. The van der Waals surface area contributed by atoms with Crippen molar-refractivity contribution in [1.29, 1.82) is 0 Å². The van der Waals surface area contributed by atoms with Crippen molar-refractivity contribution in [1.82, 2.24) is 9.80 Å². The Labute approximate surface area is 151 Å². The zero-order valence-corrected chi connectivity index (χ0v) is 15.1. The first-order valence-corrected chi connectivity index (χ1v) is 7.59. The van der Waals surface area contributed by atoms with E-state index in [1.807, 2.05) is 30.3 Å². The van der Waals surface area contributed by atoms with Gasteiger partial charge in [0, 0.05) is 32.7 Å². The Kier molecular flexibility index (Phi) is 11.3. The van der Waals surface area contributed by atoms with Crippen molar-refractivity contribution in [3.05, 3.63) is 42.5 Å². The van der Waals surface area contributed by atoms with Crippen LogP contribution in [-0.2, 0) is 6.42 Å². The molecule has 1 atom stereocenters. The summed E-state index contributed by atoms with van der Waals surface area (Å²) in [6.45, 7) is 8.93. The monoisotopic (exact) mass is 360 g/mol. The van der Waals surface area contributed by atoms with Gasteiger partial charge < -0.3 is 39.6 Å². The number of benzene rings is 1. The Bertz CT molecular complexity index is 452. The SMILES string of the molecule is C=CCc1ccccc1OCC(O)CN1CCN(C)CC1.[Cl-].[Cl-]. The summed E-state index contributed by atoms with van der Waals surface area (Å²) < 4.78 is 5.78. The number of hydrogen-bond donors (Lipinski definition) is 1. The van der Waals surface area contributed by atoms with Crippen molar-refractivity contribution in [2.45, 2.75) is 12.5 Å². The van der Waals surface area contributed by atoms with Crippen LogP contribution in [-0.4, -0.2) is 67.4 Å². The number of β-amino-alcohol motifs (C(OH)–C–C–N with tert-alkyl or cyclic N) is 1. The maximum Gasteiger partial charge on any atom is 0.122 e. The van der Waals surface area contributed by atoms with Gasteiger partial charge in [0.05, 0.1) is 0 Å². The molecule has 1 fully saturated rings. The van der Waals surface area contributed by atoms with E-state index >= 15 is 0 Å². The summed E-state index contributed by atoms with van der Waals surface area (Å²) in [6, 6.07) is 7.92. The van der Waals surface area contributed by atoms with Gasteiger partial charge in [-0.3, -0.25) is 4.90 Å². The zero-order chi connectivity index (χ0) is 15.1. The van der Waals surface area contributed by atoms with Gasteiger partial charge in [0.1, 0.15) is 18.5 Å². The van der Waals surface area contributed by atoms with E-state index in [-0.39, 0.29) is 24.8 Å². The quantitative estimate of drug-likeness (QED) is 0.496. The number of para-hydroxylation sites is 1. The highest BCUT2D eigenvalue weighted by atomic mass is 35.5. The first-order valence-electron chi connectivity index (χ1n) is 7.59. The van der Waals surface area contributed by atoms with Crippen LogP contribution >= 0.6 is 0 Å². The fourth-order valence-corrected chi connectivity index (χ4v) is 2.54.